The molecule has 60 valence electrons. The molecule has 0 atom stereocenters. The van der Waals surface area contributed by atoms with Crippen LogP contribution in [0, 0.1) is 0 Å². The van der Waals surface area contributed by atoms with Gasteiger partial charge in [-0.05, 0) is 26.7 Å². The number of allylic oxidation sites excluding steroid dienone is 1. The Kier molecular flexibility index (Phi) is 6.61. The highest BCUT2D eigenvalue weighted by Crippen LogP contribution is 1.91. The van der Waals surface area contributed by atoms with Gasteiger partial charge in [-0.1, -0.05) is 19.1 Å². The fraction of sp³-hybridized carbons (Fsp3) is 0.778. The van der Waals surface area contributed by atoms with Crippen LogP contribution in [0.2, 0.25) is 0 Å². The molecular weight excluding hydrogens is 124 g/mol. The standard InChI is InChI=1S/C9H18O/c1-4-5-6-7-8-10-9(2)3/h5-6,9H,4,7-8H2,1-3H3/b6-5-. The Bertz CT molecular complexity index is 84.7. The van der Waals surface area contributed by atoms with Crippen LogP contribution in [0.5, 0.6) is 0 Å². The summed E-state index contributed by atoms with van der Waals surface area (Å²) in [7, 11) is 0. The van der Waals surface area contributed by atoms with E-state index in [1.165, 1.54) is 0 Å². The van der Waals surface area contributed by atoms with Crippen LogP contribution >= 0.6 is 0 Å². The van der Waals surface area contributed by atoms with Gasteiger partial charge in [-0.3, -0.25) is 0 Å². The molecule has 0 aromatic carbocycles. The van der Waals surface area contributed by atoms with Gasteiger partial charge >= 0.3 is 0 Å². The predicted octanol–water partition coefficient (Wildman–Crippen LogP) is 2.77. The van der Waals surface area contributed by atoms with Crippen LogP contribution in [0.4, 0.5) is 0 Å². The molecule has 0 amide bonds. The lowest BCUT2D eigenvalue weighted by atomic mass is 10.3. The lowest BCUT2D eigenvalue weighted by Crippen LogP contribution is -2.02. The third-order valence-electron chi connectivity index (χ3n) is 1.14. The van der Waals surface area contributed by atoms with Crippen molar-refractivity contribution in [3.05, 3.63) is 12.2 Å². The van der Waals surface area contributed by atoms with E-state index in [0.717, 1.165) is 19.4 Å². The Morgan fingerprint density at radius 2 is 2.00 bits per heavy atom. The number of ether oxygens (including phenoxy) is 1. The highest BCUT2D eigenvalue weighted by atomic mass is 16.5. The van der Waals surface area contributed by atoms with Gasteiger partial charge in [-0.2, -0.15) is 0 Å². The van der Waals surface area contributed by atoms with Gasteiger partial charge in [-0.15, -0.1) is 0 Å². The molecule has 0 aromatic heterocycles. The Morgan fingerprint density at radius 3 is 2.50 bits per heavy atom. The lowest BCUT2D eigenvalue weighted by Gasteiger charge is -2.03. The van der Waals surface area contributed by atoms with Crippen molar-refractivity contribution in [2.45, 2.75) is 39.7 Å². The molecule has 10 heavy (non-hydrogen) atoms. The van der Waals surface area contributed by atoms with E-state index in [2.05, 4.69) is 32.9 Å². The van der Waals surface area contributed by atoms with Crippen LogP contribution in [-0.4, -0.2) is 12.7 Å². The molecule has 1 nitrogen and oxygen atoms in total. The molecule has 0 aliphatic rings. The molecule has 0 rings (SSSR count). The first kappa shape index (κ1) is 9.70. The Balaban J connectivity index is 2.97. The molecule has 0 aliphatic heterocycles. The summed E-state index contributed by atoms with van der Waals surface area (Å²) >= 11 is 0. The van der Waals surface area contributed by atoms with Crippen LogP contribution in [0.25, 0.3) is 0 Å². The highest BCUT2D eigenvalue weighted by Gasteiger charge is 1.88. The smallest absolute Gasteiger partial charge is 0.0519 e. The molecular formula is C9H18O. The van der Waals surface area contributed by atoms with Crippen molar-refractivity contribution in [3.63, 3.8) is 0 Å². The first-order valence-corrected chi connectivity index (χ1v) is 4.04. The molecule has 0 saturated carbocycles. The number of hydrogen-bond donors (Lipinski definition) is 0. The summed E-state index contributed by atoms with van der Waals surface area (Å²) in [5.74, 6) is 0. The molecule has 0 heterocycles. The minimum Gasteiger partial charge on any atom is -0.378 e. The fourth-order valence-corrected chi connectivity index (χ4v) is 0.656. The third-order valence-corrected chi connectivity index (χ3v) is 1.14. The summed E-state index contributed by atoms with van der Waals surface area (Å²) in [6, 6.07) is 0. The van der Waals surface area contributed by atoms with E-state index >= 15 is 0 Å². The SMILES string of the molecule is CC/C=C\CCOC(C)C. The lowest BCUT2D eigenvalue weighted by molar-refractivity contribution is 0.0825. The molecule has 0 bridgehead atoms. The van der Waals surface area contributed by atoms with Crippen molar-refractivity contribution in [2.75, 3.05) is 6.61 Å². The largest absolute Gasteiger partial charge is 0.378 e. The normalized spacial score (nSPS) is 11.6. The first-order valence-electron chi connectivity index (χ1n) is 4.04. The van der Waals surface area contributed by atoms with E-state index in [1.54, 1.807) is 0 Å². The second-order valence-corrected chi connectivity index (χ2v) is 2.59. The monoisotopic (exact) mass is 142 g/mol. The summed E-state index contributed by atoms with van der Waals surface area (Å²) in [4.78, 5) is 0. The van der Waals surface area contributed by atoms with E-state index in [0.29, 0.717) is 6.10 Å². The van der Waals surface area contributed by atoms with Gasteiger partial charge in [0.15, 0.2) is 0 Å². The van der Waals surface area contributed by atoms with Crippen molar-refractivity contribution < 1.29 is 4.74 Å². The minimum atomic E-state index is 0.370. The third kappa shape index (κ3) is 7.70. The van der Waals surface area contributed by atoms with Gasteiger partial charge in [0, 0.05) is 0 Å². The molecule has 0 unspecified atom stereocenters. The molecule has 0 fully saturated rings. The minimum absolute atomic E-state index is 0.370. The number of rotatable bonds is 5. The van der Waals surface area contributed by atoms with E-state index in [1.807, 2.05) is 0 Å². The van der Waals surface area contributed by atoms with Crippen LogP contribution in [0.1, 0.15) is 33.6 Å². The maximum Gasteiger partial charge on any atom is 0.0519 e. The summed E-state index contributed by atoms with van der Waals surface area (Å²) in [5, 5.41) is 0. The van der Waals surface area contributed by atoms with E-state index in [-0.39, 0.29) is 0 Å². The van der Waals surface area contributed by atoms with E-state index in [9.17, 15) is 0 Å². The zero-order chi connectivity index (χ0) is 7.82. The predicted molar refractivity (Wildman–Crippen MR) is 45.1 cm³/mol. The van der Waals surface area contributed by atoms with E-state index < -0.39 is 0 Å². The van der Waals surface area contributed by atoms with Crippen molar-refractivity contribution in [1.29, 1.82) is 0 Å². The molecule has 0 aliphatic carbocycles. The van der Waals surface area contributed by atoms with Crippen LogP contribution < -0.4 is 0 Å². The van der Waals surface area contributed by atoms with Gasteiger partial charge in [0.2, 0.25) is 0 Å². The van der Waals surface area contributed by atoms with Gasteiger partial charge < -0.3 is 4.74 Å². The zero-order valence-electron chi connectivity index (χ0n) is 7.26. The van der Waals surface area contributed by atoms with Crippen LogP contribution in [0.3, 0.4) is 0 Å². The summed E-state index contributed by atoms with van der Waals surface area (Å²) in [6.45, 7) is 7.11. The van der Waals surface area contributed by atoms with Crippen molar-refractivity contribution in [1.82, 2.24) is 0 Å². The summed E-state index contributed by atoms with van der Waals surface area (Å²) in [5.41, 5.74) is 0. The van der Waals surface area contributed by atoms with Crippen molar-refractivity contribution >= 4 is 0 Å². The van der Waals surface area contributed by atoms with Gasteiger partial charge in [0.25, 0.3) is 0 Å². The van der Waals surface area contributed by atoms with Crippen LogP contribution in [-0.2, 0) is 4.74 Å². The van der Waals surface area contributed by atoms with Gasteiger partial charge in [0.1, 0.15) is 0 Å². The summed E-state index contributed by atoms with van der Waals surface area (Å²) < 4.78 is 5.34. The van der Waals surface area contributed by atoms with Gasteiger partial charge in [0.05, 0.1) is 12.7 Å². The quantitative estimate of drug-likeness (QED) is 0.423. The van der Waals surface area contributed by atoms with Crippen LogP contribution in [0.15, 0.2) is 12.2 Å². The molecule has 0 radical (unpaired) electrons. The molecule has 0 saturated heterocycles. The van der Waals surface area contributed by atoms with E-state index in [4.69, 9.17) is 4.74 Å². The molecule has 0 aromatic rings. The maximum absolute atomic E-state index is 5.34. The Morgan fingerprint density at radius 1 is 1.30 bits per heavy atom. The highest BCUT2D eigenvalue weighted by molar-refractivity contribution is 4.79. The molecule has 1 heteroatoms. The molecule has 0 spiro atoms. The Labute approximate surface area is 64.1 Å². The first-order chi connectivity index (χ1) is 4.77. The Hall–Kier alpha value is -0.300. The topological polar surface area (TPSA) is 9.23 Å². The second-order valence-electron chi connectivity index (χ2n) is 2.59. The summed E-state index contributed by atoms with van der Waals surface area (Å²) in [6.07, 6.45) is 6.88. The average Bonchev–Trinajstić information content (AvgIpc) is 1.87. The fourth-order valence-electron chi connectivity index (χ4n) is 0.656. The van der Waals surface area contributed by atoms with Crippen molar-refractivity contribution in [2.24, 2.45) is 0 Å². The second kappa shape index (κ2) is 6.81. The van der Waals surface area contributed by atoms with Gasteiger partial charge in [-0.25, -0.2) is 0 Å². The average molecular weight is 142 g/mol. The zero-order valence-corrected chi connectivity index (χ0v) is 7.26. The molecule has 0 N–H and O–H groups in total. The van der Waals surface area contributed by atoms with Crippen molar-refractivity contribution in [3.8, 4) is 0 Å². The number of hydrogen-bond acceptors (Lipinski definition) is 1. The maximum atomic E-state index is 5.34.